The Labute approximate surface area is 80.0 Å². The third-order valence-electron chi connectivity index (χ3n) is 1.29. The molecule has 0 radical (unpaired) electrons. The molecule has 1 N–H and O–H groups in total. The van der Waals surface area contributed by atoms with Crippen molar-refractivity contribution in [1.82, 2.24) is 5.32 Å². The molecule has 1 amide bonds. The minimum atomic E-state index is -0.232. The number of nitriles is 1. The van der Waals surface area contributed by atoms with Crippen LogP contribution in [0.4, 0.5) is 0 Å². The van der Waals surface area contributed by atoms with Gasteiger partial charge in [-0.05, 0) is 12.1 Å². The van der Waals surface area contributed by atoms with E-state index in [1.54, 1.807) is 12.1 Å². The maximum atomic E-state index is 11.2. The summed E-state index contributed by atoms with van der Waals surface area (Å²) >= 11 is 1.15. The van der Waals surface area contributed by atoms with Gasteiger partial charge in [0, 0.05) is 0 Å². The molecule has 1 aromatic rings. The Hall–Kier alpha value is -1.78. The summed E-state index contributed by atoms with van der Waals surface area (Å²) in [6.07, 6.45) is 4.97. The van der Waals surface area contributed by atoms with Crippen molar-refractivity contribution in [3.63, 3.8) is 0 Å². The molecule has 0 aliphatic carbocycles. The molecular formula is C9H6N2OS. The van der Waals surface area contributed by atoms with Crippen LogP contribution in [0.1, 0.15) is 14.5 Å². The maximum Gasteiger partial charge on any atom is 0.262 e. The monoisotopic (exact) mass is 190 g/mol. The second-order valence-electron chi connectivity index (χ2n) is 2.16. The number of thiophene rings is 1. The van der Waals surface area contributed by atoms with E-state index in [2.05, 4.69) is 11.2 Å². The first-order valence-electron chi connectivity index (χ1n) is 3.49. The van der Waals surface area contributed by atoms with Crippen LogP contribution in [-0.2, 0) is 0 Å². The minimum absolute atomic E-state index is 0.207. The molecule has 0 unspecified atom stereocenters. The minimum Gasteiger partial charge on any atom is -0.340 e. The molecule has 0 aliphatic heterocycles. The van der Waals surface area contributed by atoms with Crippen LogP contribution in [0.25, 0.3) is 0 Å². The first-order valence-corrected chi connectivity index (χ1v) is 4.31. The summed E-state index contributed by atoms with van der Waals surface area (Å²) in [4.78, 5) is 12.3. The molecular weight excluding hydrogens is 184 g/mol. The zero-order valence-electron chi connectivity index (χ0n) is 6.70. The van der Waals surface area contributed by atoms with Crippen molar-refractivity contribution in [3.8, 4) is 18.4 Å². The van der Waals surface area contributed by atoms with Gasteiger partial charge in [0.05, 0.1) is 11.4 Å². The molecule has 1 aromatic heterocycles. The lowest BCUT2D eigenvalue weighted by molar-refractivity contribution is 0.0963. The van der Waals surface area contributed by atoms with Gasteiger partial charge in [-0.3, -0.25) is 4.79 Å². The van der Waals surface area contributed by atoms with E-state index < -0.39 is 0 Å². The third kappa shape index (κ3) is 2.33. The molecule has 64 valence electrons. The highest BCUT2D eigenvalue weighted by atomic mass is 32.1. The molecule has 0 aliphatic rings. The topological polar surface area (TPSA) is 52.9 Å². The Bertz CT molecular complexity index is 394. The molecule has 0 atom stereocenters. The number of nitrogens with zero attached hydrogens (tertiary/aromatic N) is 1. The van der Waals surface area contributed by atoms with Crippen LogP contribution >= 0.6 is 11.3 Å². The van der Waals surface area contributed by atoms with Gasteiger partial charge in [0.2, 0.25) is 0 Å². The maximum absolute atomic E-state index is 11.2. The fourth-order valence-corrected chi connectivity index (χ4v) is 1.46. The van der Waals surface area contributed by atoms with E-state index in [1.165, 1.54) is 0 Å². The van der Waals surface area contributed by atoms with Crippen molar-refractivity contribution in [2.45, 2.75) is 0 Å². The predicted octanol–water partition coefficient (Wildman–Crippen LogP) is 0.983. The second-order valence-corrected chi connectivity index (χ2v) is 3.25. The highest BCUT2D eigenvalue weighted by Gasteiger charge is 2.07. The van der Waals surface area contributed by atoms with Crippen molar-refractivity contribution in [3.05, 3.63) is 21.9 Å². The Morgan fingerprint density at radius 3 is 3.00 bits per heavy atom. The summed E-state index contributed by atoms with van der Waals surface area (Å²) in [7, 11) is 0. The quantitative estimate of drug-likeness (QED) is 0.707. The molecule has 13 heavy (non-hydrogen) atoms. The van der Waals surface area contributed by atoms with Gasteiger partial charge in [0.25, 0.3) is 5.91 Å². The number of terminal acetylenes is 1. The third-order valence-corrected chi connectivity index (χ3v) is 2.28. The fraction of sp³-hybridized carbons (Fsp3) is 0.111. The number of carbonyl (C=O) groups is 1. The van der Waals surface area contributed by atoms with Gasteiger partial charge in [0.15, 0.2) is 0 Å². The predicted molar refractivity (Wildman–Crippen MR) is 50.2 cm³/mol. The molecule has 4 heteroatoms. The standard InChI is InChI=1S/C9H6N2OS/c1-2-5-11-9(12)8-4-3-7(6-10)13-8/h1,3-4H,5H2,(H,11,12). The van der Waals surface area contributed by atoms with Crippen LogP contribution in [0.2, 0.25) is 0 Å². The lowest BCUT2D eigenvalue weighted by Gasteiger charge is -1.95. The van der Waals surface area contributed by atoms with Gasteiger partial charge in [-0.2, -0.15) is 5.26 Å². The highest BCUT2D eigenvalue weighted by molar-refractivity contribution is 7.14. The summed E-state index contributed by atoms with van der Waals surface area (Å²) in [6.45, 7) is 0.207. The summed E-state index contributed by atoms with van der Waals surface area (Å²) in [5.41, 5.74) is 0. The molecule has 3 nitrogen and oxygen atoms in total. The number of hydrogen-bond acceptors (Lipinski definition) is 3. The molecule has 0 aromatic carbocycles. The van der Waals surface area contributed by atoms with Crippen LogP contribution in [-0.4, -0.2) is 12.5 Å². The van der Waals surface area contributed by atoms with E-state index in [0.717, 1.165) is 11.3 Å². The van der Waals surface area contributed by atoms with Crippen molar-refractivity contribution >= 4 is 17.2 Å². The Morgan fingerprint density at radius 2 is 2.46 bits per heavy atom. The largest absolute Gasteiger partial charge is 0.340 e. The molecule has 1 rings (SSSR count). The average molecular weight is 190 g/mol. The number of nitrogens with one attached hydrogen (secondary N) is 1. The van der Waals surface area contributed by atoms with Crippen LogP contribution in [0.15, 0.2) is 12.1 Å². The molecule has 0 spiro atoms. The van der Waals surface area contributed by atoms with Gasteiger partial charge in [-0.25, -0.2) is 0 Å². The van der Waals surface area contributed by atoms with Crippen molar-refractivity contribution < 1.29 is 4.79 Å². The zero-order valence-corrected chi connectivity index (χ0v) is 7.52. The van der Waals surface area contributed by atoms with Crippen molar-refractivity contribution in [2.24, 2.45) is 0 Å². The first kappa shape index (κ1) is 9.31. The number of amides is 1. The van der Waals surface area contributed by atoms with Crippen LogP contribution in [0.3, 0.4) is 0 Å². The smallest absolute Gasteiger partial charge is 0.262 e. The zero-order chi connectivity index (χ0) is 9.68. The molecule has 0 saturated carbocycles. The van der Waals surface area contributed by atoms with Crippen molar-refractivity contribution in [1.29, 1.82) is 5.26 Å². The van der Waals surface area contributed by atoms with Crippen molar-refractivity contribution in [2.75, 3.05) is 6.54 Å². The lowest BCUT2D eigenvalue weighted by atomic mass is 10.4. The van der Waals surface area contributed by atoms with E-state index >= 15 is 0 Å². The van der Waals surface area contributed by atoms with Gasteiger partial charge < -0.3 is 5.32 Å². The van der Waals surface area contributed by atoms with Gasteiger partial charge in [-0.15, -0.1) is 17.8 Å². The summed E-state index contributed by atoms with van der Waals surface area (Å²) < 4.78 is 0. The Morgan fingerprint density at radius 1 is 1.69 bits per heavy atom. The van der Waals surface area contributed by atoms with Gasteiger partial charge in [0.1, 0.15) is 10.9 Å². The van der Waals surface area contributed by atoms with E-state index in [1.807, 2.05) is 6.07 Å². The fourth-order valence-electron chi connectivity index (χ4n) is 0.738. The Balaban J connectivity index is 2.69. The number of rotatable bonds is 2. The van der Waals surface area contributed by atoms with E-state index in [0.29, 0.717) is 9.75 Å². The number of carbonyl (C=O) groups excluding carboxylic acids is 1. The van der Waals surface area contributed by atoms with Gasteiger partial charge in [-0.1, -0.05) is 5.92 Å². The molecule has 1 heterocycles. The van der Waals surface area contributed by atoms with Crippen LogP contribution in [0.5, 0.6) is 0 Å². The number of hydrogen-bond donors (Lipinski definition) is 1. The lowest BCUT2D eigenvalue weighted by Crippen LogP contribution is -2.22. The van der Waals surface area contributed by atoms with Gasteiger partial charge >= 0.3 is 0 Å². The van der Waals surface area contributed by atoms with Crippen LogP contribution < -0.4 is 5.32 Å². The Kier molecular flexibility index (Phi) is 3.08. The van der Waals surface area contributed by atoms with E-state index in [-0.39, 0.29) is 12.5 Å². The summed E-state index contributed by atoms with van der Waals surface area (Å²) in [5, 5.41) is 11.0. The molecule has 0 bridgehead atoms. The molecule has 0 fully saturated rings. The second kappa shape index (κ2) is 4.30. The summed E-state index contributed by atoms with van der Waals surface area (Å²) in [6, 6.07) is 5.17. The molecule has 0 saturated heterocycles. The van der Waals surface area contributed by atoms with Crippen LogP contribution in [0, 0.1) is 23.7 Å². The normalized spacial score (nSPS) is 8.46. The SMILES string of the molecule is C#CCNC(=O)c1ccc(C#N)s1. The first-order chi connectivity index (χ1) is 6.27. The highest BCUT2D eigenvalue weighted by Crippen LogP contribution is 2.14. The average Bonchev–Trinajstić information content (AvgIpc) is 2.62. The van der Waals surface area contributed by atoms with E-state index in [9.17, 15) is 4.79 Å². The summed E-state index contributed by atoms with van der Waals surface area (Å²) in [5.74, 6) is 2.06. The van der Waals surface area contributed by atoms with E-state index in [4.69, 9.17) is 11.7 Å².